The Labute approximate surface area is 600 Å². The van der Waals surface area contributed by atoms with Crippen LogP contribution in [0.15, 0.2) is 0 Å². The molecule has 0 aromatic heterocycles. The Morgan fingerprint density at radius 3 is 0.602 bits per heavy atom. The van der Waals surface area contributed by atoms with Gasteiger partial charge >= 0.3 is 39.5 Å². The van der Waals surface area contributed by atoms with Crippen molar-refractivity contribution >= 4 is 39.5 Å². The molecule has 5 atom stereocenters. The van der Waals surface area contributed by atoms with Gasteiger partial charge in [0.25, 0.3) is 0 Å². The summed E-state index contributed by atoms with van der Waals surface area (Å²) in [4.78, 5) is 72.9. The summed E-state index contributed by atoms with van der Waals surface area (Å²) in [5.74, 6) is -2.11. The fourth-order valence-corrected chi connectivity index (χ4v) is 13.9. The molecule has 0 aliphatic rings. The maximum Gasteiger partial charge on any atom is 0.472 e. The maximum absolute atomic E-state index is 13.1. The quantitative estimate of drug-likeness (QED) is 0.0222. The van der Waals surface area contributed by atoms with Gasteiger partial charge in [0.1, 0.15) is 19.3 Å². The third-order valence-electron chi connectivity index (χ3n) is 18.6. The number of esters is 4. The van der Waals surface area contributed by atoms with Crippen LogP contribution in [0.3, 0.4) is 0 Å². The van der Waals surface area contributed by atoms with E-state index in [4.69, 9.17) is 37.0 Å². The van der Waals surface area contributed by atoms with Gasteiger partial charge in [-0.25, -0.2) is 9.13 Å². The average molecular weight is 1440 g/mol. The Hall–Kier alpha value is -1.94. The zero-order valence-corrected chi connectivity index (χ0v) is 65.6. The Kier molecular flexibility index (Phi) is 71.9. The summed E-state index contributed by atoms with van der Waals surface area (Å²) < 4.78 is 68.6. The number of carbonyl (C=O) groups is 4. The number of unbranched alkanes of at least 4 members (excludes halogenated alkanes) is 54. The van der Waals surface area contributed by atoms with Crippen molar-refractivity contribution in [3.63, 3.8) is 0 Å². The summed E-state index contributed by atoms with van der Waals surface area (Å²) in [5.41, 5.74) is 0. The Balaban J connectivity index is 5.22. The van der Waals surface area contributed by atoms with E-state index in [1.807, 2.05) is 0 Å². The lowest BCUT2D eigenvalue weighted by Gasteiger charge is -2.21. The van der Waals surface area contributed by atoms with Crippen molar-refractivity contribution in [2.75, 3.05) is 39.6 Å². The van der Waals surface area contributed by atoms with E-state index in [0.29, 0.717) is 25.7 Å². The van der Waals surface area contributed by atoms with E-state index < -0.39 is 97.5 Å². The second-order valence-electron chi connectivity index (χ2n) is 28.5. The molecule has 0 amide bonds. The molecule has 0 fully saturated rings. The lowest BCUT2D eigenvalue weighted by atomic mass is 10.0. The summed E-state index contributed by atoms with van der Waals surface area (Å²) in [5, 5.41) is 10.6. The molecule has 582 valence electrons. The van der Waals surface area contributed by atoms with Crippen molar-refractivity contribution in [3.05, 3.63) is 0 Å². The van der Waals surface area contributed by atoms with Gasteiger partial charge in [-0.05, 0) is 25.7 Å². The molecule has 0 rings (SSSR count). The third-order valence-corrected chi connectivity index (χ3v) is 20.5. The largest absolute Gasteiger partial charge is 0.472 e. The molecule has 0 saturated carbocycles. The van der Waals surface area contributed by atoms with Gasteiger partial charge < -0.3 is 33.8 Å². The normalized spacial score (nSPS) is 13.8. The van der Waals surface area contributed by atoms with Crippen molar-refractivity contribution in [2.24, 2.45) is 0 Å². The minimum Gasteiger partial charge on any atom is -0.462 e. The standard InChI is InChI=1S/C79H154O17P2/c1-5-9-13-17-21-25-29-32-34-35-36-37-38-40-43-46-50-54-58-62-66-79(84)96-75(70-90-77(82)64-60-56-52-48-44-42-39-33-30-26-22-18-14-10-6-2)72-94-98(87,88)92-68-73(80)67-91-97(85,86)93-71-74(69-89-76(81)63-59-55-51-47-28-24-20-16-12-8-4)95-78(83)65-61-57-53-49-45-41-31-27-23-19-15-11-7-3/h73-75,80H,5-72H2,1-4H3,(H,85,86)(H,87,88)/t73-,74+,75+/m0/s1. The van der Waals surface area contributed by atoms with Crippen molar-refractivity contribution in [3.8, 4) is 0 Å². The number of hydrogen-bond donors (Lipinski definition) is 3. The summed E-state index contributed by atoms with van der Waals surface area (Å²) in [6.07, 6.45) is 65.1. The molecule has 0 aliphatic heterocycles. The number of carbonyl (C=O) groups excluding carboxylic acids is 4. The first-order chi connectivity index (χ1) is 47.7. The number of hydrogen-bond acceptors (Lipinski definition) is 15. The Bertz CT molecular complexity index is 1860. The maximum atomic E-state index is 13.1. The molecule has 0 heterocycles. The minimum atomic E-state index is -4.96. The van der Waals surface area contributed by atoms with E-state index in [9.17, 15) is 43.2 Å². The highest BCUT2D eigenvalue weighted by atomic mass is 31.2. The van der Waals surface area contributed by atoms with Gasteiger partial charge in [-0.2, -0.15) is 0 Å². The van der Waals surface area contributed by atoms with Crippen molar-refractivity contribution in [2.45, 2.75) is 444 Å². The summed E-state index contributed by atoms with van der Waals surface area (Å²) in [7, 11) is -9.91. The fraction of sp³-hybridized carbons (Fsp3) is 0.949. The molecule has 2 unspecified atom stereocenters. The highest BCUT2D eigenvalue weighted by Gasteiger charge is 2.30. The first-order valence-corrected chi connectivity index (χ1v) is 44.3. The molecular formula is C79H154O17P2. The fourth-order valence-electron chi connectivity index (χ4n) is 12.3. The molecule has 3 N–H and O–H groups in total. The summed E-state index contributed by atoms with van der Waals surface area (Å²) in [6.45, 7) is 5.01. The van der Waals surface area contributed by atoms with Crippen LogP contribution in [-0.4, -0.2) is 96.7 Å². The average Bonchev–Trinajstić information content (AvgIpc) is 1.10. The van der Waals surface area contributed by atoms with Gasteiger partial charge in [0, 0.05) is 25.7 Å². The molecule has 0 aromatic carbocycles. The van der Waals surface area contributed by atoms with Crippen LogP contribution in [0.5, 0.6) is 0 Å². The number of phosphoric acid groups is 2. The van der Waals surface area contributed by atoms with Crippen molar-refractivity contribution in [1.82, 2.24) is 0 Å². The van der Waals surface area contributed by atoms with E-state index >= 15 is 0 Å². The second kappa shape index (κ2) is 73.4. The van der Waals surface area contributed by atoms with Crippen LogP contribution in [-0.2, 0) is 65.4 Å². The topological polar surface area (TPSA) is 237 Å². The van der Waals surface area contributed by atoms with Crippen LogP contribution in [0.2, 0.25) is 0 Å². The van der Waals surface area contributed by atoms with Crippen LogP contribution in [0.4, 0.5) is 0 Å². The van der Waals surface area contributed by atoms with E-state index in [1.54, 1.807) is 0 Å². The molecule has 0 aliphatic carbocycles. The van der Waals surface area contributed by atoms with Gasteiger partial charge in [0.05, 0.1) is 26.4 Å². The predicted molar refractivity (Wildman–Crippen MR) is 400 cm³/mol. The third kappa shape index (κ3) is 72.4. The van der Waals surface area contributed by atoms with E-state index in [-0.39, 0.29) is 25.7 Å². The zero-order valence-electron chi connectivity index (χ0n) is 63.8. The highest BCUT2D eigenvalue weighted by molar-refractivity contribution is 7.47. The minimum absolute atomic E-state index is 0.108. The molecule has 98 heavy (non-hydrogen) atoms. The van der Waals surface area contributed by atoms with Crippen LogP contribution in [0, 0.1) is 0 Å². The summed E-state index contributed by atoms with van der Waals surface area (Å²) >= 11 is 0. The molecule has 0 radical (unpaired) electrons. The smallest absolute Gasteiger partial charge is 0.462 e. The lowest BCUT2D eigenvalue weighted by Crippen LogP contribution is -2.30. The van der Waals surface area contributed by atoms with Gasteiger partial charge in [-0.15, -0.1) is 0 Å². The number of rotatable bonds is 80. The SMILES string of the molecule is CCCCCCCCCCCCCCCCCCCCCCC(=O)O[C@H](COC(=O)CCCCCCCCCCCCCCCCC)COP(=O)(O)OC[C@@H](O)COP(=O)(O)OC[C@@H](COC(=O)CCCCCCCCCCCC)OC(=O)CCCCCCCCCCCCCCC. The Morgan fingerprint density at radius 2 is 0.408 bits per heavy atom. The summed E-state index contributed by atoms with van der Waals surface area (Å²) in [6, 6.07) is 0. The van der Waals surface area contributed by atoms with E-state index in [1.165, 1.54) is 257 Å². The van der Waals surface area contributed by atoms with Gasteiger partial charge in [0.15, 0.2) is 12.2 Å². The molecular weight excluding hydrogens is 1280 g/mol. The molecule has 0 aromatic rings. The van der Waals surface area contributed by atoms with Crippen LogP contribution in [0.25, 0.3) is 0 Å². The Morgan fingerprint density at radius 1 is 0.245 bits per heavy atom. The number of phosphoric ester groups is 2. The second-order valence-corrected chi connectivity index (χ2v) is 31.4. The number of ether oxygens (including phenoxy) is 4. The zero-order chi connectivity index (χ0) is 71.8. The monoisotopic (exact) mass is 1440 g/mol. The van der Waals surface area contributed by atoms with Gasteiger partial charge in [0.2, 0.25) is 0 Å². The lowest BCUT2D eigenvalue weighted by molar-refractivity contribution is -0.161. The van der Waals surface area contributed by atoms with Gasteiger partial charge in [-0.3, -0.25) is 37.3 Å². The number of aliphatic hydroxyl groups excluding tert-OH is 1. The van der Waals surface area contributed by atoms with Crippen molar-refractivity contribution < 1.29 is 80.2 Å². The molecule has 0 bridgehead atoms. The van der Waals surface area contributed by atoms with E-state index in [2.05, 4.69) is 27.7 Å². The van der Waals surface area contributed by atoms with Crippen LogP contribution < -0.4 is 0 Å². The molecule has 17 nitrogen and oxygen atoms in total. The molecule has 19 heteroatoms. The molecule has 0 spiro atoms. The van der Waals surface area contributed by atoms with Crippen LogP contribution in [0.1, 0.15) is 426 Å². The molecule has 0 saturated heterocycles. The highest BCUT2D eigenvalue weighted by Crippen LogP contribution is 2.45. The predicted octanol–water partition coefficient (Wildman–Crippen LogP) is 23.8. The van der Waals surface area contributed by atoms with Gasteiger partial charge in [-0.1, -0.05) is 374 Å². The first-order valence-electron chi connectivity index (χ1n) is 41.3. The number of aliphatic hydroxyl groups is 1. The van der Waals surface area contributed by atoms with E-state index in [0.717, 1.165) is 89.9 Å². The van der Waals surface area contributed by atoms with Crippen molar-refractivity contribution in [1.29, 1.82) is 0 Å². The van der Waals surface area contributed by atoms with Crippen LogP contribution >= 0.6 is 15.6 Å². The first kappa shape index (κ1) is 96.1.